The highest BCUT2D eigenvalue weighted by atomic mass is 127. The van der Waals surface area contributed by atoms with Crippen LogP contribution in [0.4, 0.5) is 0 Å². The van der Waals surface area contributed by atoms with Crippen LogP contribution in [0.3, 0.4) is 0 Å². The maximum absolute atomic E-state index is 11.9. The van der Waals surface area contributed by atoms with Crippen LogP contribution in [0, 0.1) is 5.92 Å². The fraction of sp³-hybridized carbons (Fsp3) is 0.600. The zero-order valence-corrected chi connectivity index (χ0v) is 21.4. The molecule has 1 aromatic rings. The predicted molar refractivity (Wildman–Crippen MR) is 130 cm³/mol. The van der Waals surface area contributed by atoms with E-state index in [1.807, 2.05) is 31.2 Å². The van der Waals surface area contributed by atoms with Crippen LogP contribution in [0.2, 0.25) is 0 Å². The van der Waals surface area contributed by atoms with Gasteiger partial charge in [-0.25, -0.2) is 4.99 Å². The number of benzene rings is 1. The largest absolute Gasteiger partial charge is 0.378 e. The molecule has 0 saturated carbocycles. The topological polar surface area (TPSA) is 66.0 Å². The summed E-state index contributed by atoms with van der Waals surface area (Å²) < 4.78 is 6.83. The van der Waals surface area contributed by atoms with Gasteiger partial charge < -0.3 is 20.3 Å². The number of hydrogen-bond acceptors (Lipinski definition) is 3. The number of nitrogens with one attached hydrogen (secondary N) is 2. The Bertz CT molecular complexity index is 594. The molecule has 0 heterocycles. The summed E-state index contributed by atoms with van der Waals surface area (Å²) >= 11 is 3.44. The Morgan fingerprint density at radius 2 is 1.86 bits per heavy atom. The Morgan fingerprint density at radius 3 is 2.39 bits per heavy atom. The van der Waals surface area contributed by atoms with Gasteiger partial charge in [-0.2, -0.15) is 0 Å². The van der Waals surface area contributed by atoms with Crippen molar-refractivity contribution in [1.29, 1.82) is 0 Å². The first kappa shape index (κ1) is 27.1. The molecule has 0 bridgehead atoms. The molecule has 1 atom stereocenters. The van der Waals surface area contributed by atoms with Crippen molar-refractivity contribution in [3.63, 3.8) is 0 Å². The third-order valence-electron chi connectivity index (χ3n) is 4.08. The number of carbonyl (C=O) groups is 1. The molecule has 1 rings (SSSR count). The molecule has 0 aliphatic rings. The van der Waals surface area contributed by atoms with E-state index in [0.29, 0.717) is 25.0 Å². The van der Waals surface area contributed by atoms with E-state index in [1.54, 1.807) is 19.0 Å². The average molecular weight is 569 g/mol. The van der Waals surface area contributed by atoms with Crippen LogP contribution >= 0.6 is 39.9 Å². The maximum Gasteiger partial charge on any atom is 0.241 e. The summed E-state index contributed by atoms with van der Waals surface area (Å²) in [5.74, 6) is 1.09. The number of ether oxygens (including phenoxy) is 1. The number of aliphatic imine (C=N–C) groups is 1. The molecule has 8 heteroatoms. The smallest absolute Gasteiger partial charge is 0.241 e. The summed E-state index contributed by atoms with van der Waals surface area (Å²) in [6.07, 6.45) is 1.09. The number of nitrogens with zero attached hydrogens (tertiary/aromatic N) is 2. The fourth-order valence-corrected chi connectivity index (χ4v) is 2.67. The molecule has 6 nitrogen and oxygen atoms in total. The Morgan fingerprint density at radius 1 is 1.21 bits per heavy atom. The molecule has 160 valence electrons. The van der Waals surface area contributed by atoms with Gasteiger partial charge in [0.1, 0.15) is 0 Å². The standard InChI is InChI=1S/C20H33BrN4O2.HI/c1-6-27-18(15(2)3)11-12-22-20(24-14-19(26)25(4)5)23-13-16-7-9-17(21)10-8-16;/h7-10,15,18H,6,11-14H2,1-5H3,(H2,22,23,24);1H. The fourth-order valence-electron chi connectivity index (χ4n) is 2.41. The van der Waals surface area contributed by atoms with E-state index in [4.69, 9.17) is 4.74 Å². The molecule has 0 aliphatic carbocycles. The van der Waals surface area contributed by atoms with Crippen LogP contribution in [-0.4, -0.2) is 56.7 Å². The molecular formula is C20H34BrIN4O2. The van der Waals surface area contributed by atoms with Crippen molar-refractivity contribution in [2.75, 3.05) is 33.8 Å². The van der Waals surface area contributed by atoms with Crippen LogP contribution < -0.4 is 10.6 Å². The summed E-state index contributed by atoms with van der Waals surface area (Å²) in [5.41, 5.74) is 1.10. The molecular weight excluding hydrogens is 535 g/mol. The van der Waals surface area contributed by atoms with Gasteiger partial charge in [-0.05, 0) is 37.0 Å². The van der Waals surface area contributed by atoms with Crippen molar-refractivity contribution in [2.24, 2.45) is 10.9 Å². The van der Waals surface area contributed by atoms with Crippen molar-refractivity contribution in [3.8, 4) is 0 Å². The van der Waals surface area contributed by atoms with Crippen molar-refractivity contribution < 1.29 is 9.53 Å². The second-order valence-corrected chi connectivity index (χ2v) is 7.80. The van der Waals surface area contributed by atoms with Gasteiger partial charge in [0.25, 0.3) is 0 Å². The molecule has 0 aliphatic heterocycles. The van der Waals surface area contributed by atoms with E-state index in [-0.39, 0.29) is 42.5 Å². The van der Waals surface area contributed by atoms with Gasteiger partial charge in [0.05, 0.1) is 19.2 Å². The lowest BCUT2D eigenvalue weighted by Gasteiger charge is -2.22. The monoisotopic (exact) mass is 568 g/mol. The van der Waals surface area contributed by atoms with E-state index in [9.17, 15) is 4.79 Å². The first-order chi connectivity index (χ1) is 12.8. The van der Waals surface area contributed by atoms with Crippen molar-refractivity contribution in [3.05, 3.63) is 34.3 Å². The molecule has 1 unspecified atom stereocenters. The lowest BCUT2D eigenvalue weighted by atomic mass is 10.0. The van der Waals surface area contributed by atoms with Crippen LogP contribution in [0.5, 0.6) is 0 Å². The summed E-state index contributed by atoms with van der Waals surface area (Å²) in [6, 6.07) is 8.05. The minimum atomic E-state index is 0. The third kappa shape index (κ3) is 11.2. The van der Waals surface area contributed by atoms with Crippen LogP contribution in [-0.2, 0) is 16.1 Å². The van der Waals surface area contributed by atoms with Gasteiger partial charge >= 0.3 is 0 Å². The molecule has 0 saturated heterocycles. The normalized spacial score (nSPS) is 12.3. The molecule has 0 spiro atoms. The van der Waals surface area contributed by atoms with Crippen LogP contribution in [0.25, 0.3) is 0 Å². The van der Waals surface area contributed by atoms with Gasteiger partial charge in [0.15, 0.2) is 5.96 Å². The maximum atomic E-state index is 11.9. The Kier molecular flexibility index (Phi) is 14.6. The molecule has 0 aromatic heterocycles. The van der Waals surface area contributed by atoms with E-state index in [2.05, 4.69) is 45.4 Å². The number of hydrogen-bond donors (Lipinski definition) is 2. The van der Waals surface area contributed by atoms with Gasteiger partial charge in [0, 0.05) is 31.7 Å². The lowest BCUT2D eigenvalue weighted by Crippen LogP contribution is -2.44. The lowest BCUT2D eigenvalue weighted by molar-refractivity contribution is -0.127. The zero-order chi connectivity index (χ0) is 20.2. The number of rotatable bonds is 10. The van der Waals surface area contributed by atoms with E-state index in [1.165, 1.54) is 0 Å². The second kappa shape index (κ2) is 15.0. The molecule has 0 radical (unpaired) electrons. The van der Waals surface area contributed by atoms with Gasteiger partial charge in [-0.3, -0.25) is 4.79 Å². The Hall–Kier alpha value is -0.870. The average Bonchev–Trinajstić information content (AvgIpc) is 2.63. The third-order valence-corrected chi connectivity index (χ3v) is 4.61. The molecule has 1 aromatic carbocycles. The number of likely N-dealkylation sites (N-methyl/N-ethyl adjacent to an activating group) is 1. The Labute approximate surface area is 195 Å². The van der Waals surface area contributed by atoms with Crippen molar-refractivity contribution >= 4 is 51.8 Å². The summed E-state index contributed by atoms with van der Waals surface area (Å²) in [5, 5.41) is 6.43. The summed E-state index contributed by atoms with van der Waals surface area (Å²) in [7, 11) is 3.48. The van der Waals surface area contributed by atoms with E-state index < -0.39 is 0 Å². The molecule has 28 heavy (non-hydrogen) atoms. The van der Waals surface area contributed by atoms with E-state index in [0.717, 1.165) is 23.0 Å². The first-order valence-corrected chi connectivity index (χ1v) is 10.2. The second-order valence-electron chi connectivity index (χ2n) is 6.89. The minimum absolute atomic E-state index is 0. The molecule has 2 N–H and O–H groups in total. The zero-order valence-electron chi connectivity index (χ0n) is 17.5. The minimum Gasteiger partial charge on any atom is -0.378 e. The number of carbonyl (C=O) groups excluding carboxylic acids is 1. The van der Waals surface area contributed by atoms with E-state index >= 15 is 0 Å². The van der Waals surface area contributed by atoms with Crippen LogP contribution in [0.1, 0.15) is 32.8 Å². The molecule has 1 amide bonds. The summed E-state index contributed by atoms with van der Waals surface area (Å²) in [6.45, 7) is 8.53. The molecule has 0 fully saturated rings. The number of halogens is 2. The highest BCUT2D eigenvalue weighted by Crippen LogP contribution is 2.11. The first-order valence-electron chi connectivity index (χ1n) is 9.41. The van der Waals surface area contributed by atoms with Crippen LogP contribution in [0.15, 0.2) is 33.7 Å². The number of guanidine groups is 1. The summed E-state index contributed by atoms with van der Waals surface area (Å²) in [4.78, 5) is 18.0. The van der Waals surface area contributed by atoms with Crippen molar-refractivity contribution in [1.82, 2.24) is 15.5 Å². The quantitative estimate of drug-likeness (QED) is 0.257. The number of amides is 1. The highest BCUT2D eigenvalue weighted by Gasteiger charge is 2.13. The predicted octanol–water partition coefficient (Wildman–Crippen LogP) is 3.64. The SMILES string of the molecule is CCOC(CCNC(=NCc1ccc(Br)cc1)NCC(=O)N(C)C)C(C)C.I. The van der Waals surface area contributed by atoms with Gasteiger partial charge in [0.2, 0.25) is 5.91 Å². The highest BCUT2D eigenvalue weighted by molar-refractivity contribution is 14.0. The van der Waals surface area contributed by atoms with Crippen molar-refractivity contribution in [2.45, 2.75) is 39.8 Å². The van der Waals surface area contributed by atoms with Gasteiger partial charge in [-0.15, -0.1) is 24.0 Å². The van der Waals surface area contributed by atoms with Gasteiger partial charge in [-0.1, -0.05) is 41.9 Å². The Balaban J connectivity index is 0.00000729.